The number of halogens is 4. The van der Waals surface area contributed by atoms with E-state index in [9.17, 15) is 27.6 Å². The summed E-state index contributed by atoms with van der Waals surface area (Å²) < 4.78 is 54.4. The Bertz CT molecular complexity index is 2490. The molecule has 2 atom stereocenters. The quantitative estimate of drug-likeness (QED) is 0.185. The predicted octanol–water partition coefficient (Wildman–Crippen LogP) is 5.74. The van der Waals surface area contributed by atoms with E-state index in [1.54, 1.807) is 16.4 Å². The number of fused-ring (bicyclic) bond motifs is 2. The van der Waals surface area contributed by atoms with Crippen LogP contribution < -0.4 is 20.5 Å². The minimum absolute atomic E-state index is 0.00451. The van der Waals surface area contributed by atoms with Crippen molar-refractivity contribution in [1.29, 1.82) is 0 Å². The lowest BCUT2D eigenvalue weighted by Crippen LogP contribution is -2.67. The molecule has 3 aliphatic rings. The third kappa shape index (κ3) is 7.39. The molecule has 5 heterocycles. The third-order valence-electron chi connectivity index (χ3n) is 10.8. The van der Waals surface area contributed by atoms with E-state index in [0.29, 0.717) is 74.1 Å². The Balaban J connectivity index is 1.12. The molecule has 2 aromatic carbocycles. The highest BCUT2D eigenvalue weighted by molar-refractivity contribution is 6.33. The summed E-state index contributed by atoms with van der Waals surface area (Å²) in [7, 11) is 0. The van der Waals surface area contributed by atoms with Gasteiger partial charge < -0.3 is 29.2 Å². The number of amides is 2. The van der Waals surface area contributed by atoms with Crippen LogP contribution in [-0.4, -0.2) is 84.2 Å². The lowest BCUT2D eigenvalue weighted by Gasteiger charge is -2.54. The van der Waals surface area contributed by atoms with Gasteiger partial charge in [0.1, 0.15) is 25.2 Å². The van der Waals surface area contributed by atoms with Gasteiger partial charge in [-0.05, 0) is 61.9 Å². The molecule has 0 bridgehead atoms. The number of carbonyl (C=O) groups excluding carboxylic acids is 2. The number of benzene rings is 2. The van der Waals surface area contributed by atoms with Crippen LogP contribution in [0.1, 0.15) is 65.0 Å². The third-order valence-corrected chi connectivity index (χ3v) is 11.1. The molecule has 14 nitrogen and oxygen atoms in total. The molecule has 2 amide bonds. The first kappa shape index (κ1) is 39.0. The minimum Gasteiger partial charge on any atom is -0.485 e. The second kappa shape index (κ2) is 15.9. The van der Waals surface area contributed by atoms with E-state index in [2.05, 4.69) is 20.4 Å². The van der Waals surface area contributed by atoms with Crippen molar-refractivity contribution in [3.8, 4) is 5.75 Å². The van der Waals surface area contributed by atoms with Gasteiger partial charge in [0.2, 0.25) is 11.7 Å². The van der Waals surface area contributed by atoms with Gasteiger partial charge in [-0.25, -0.2) is 9.97 Å². The lowest BCUT2D eigenvalue weighted by atomic mass is 9.81. The summed E-state index contributed by atoms with van der Waals surface area (Å²) in [6.07, 6.45) is 0.802. The SMILES string of the molecule is CCc1c(N2CCN(C(=O)c3ncnc(C)c3OCc3ccccc3)[C@H]3CC[C@H]32)c(=O)n2nc(C3=CCOCC3)nc2n1CC(=O)Nc1ccc(C(F)(F)F)cc1Cl. The van der Waals surface area contributed by atoms with Gasteiger partial charge in [-0.15, -0.1) is 5.10 Å². The maximum Gasteiger partial charge on any atom is 0.416 e. The highest BCUT2D eigenvalue weighted by Gasteiger charge is 2.47. The summed E-state index contributed by atoms with van der Waals surface area (Å²) in [5, 5.41) is 6.98. The number of aromatic nitrogens is 6. The standard InChI is InChI=1S/C40H39ClF3N9O5/c1-3-29-34(50-15-16-51(31-12-11-30(31)50)37(55)33-35(23(2)45-22-46-33)58-21-24-7-5-4-6-8-24)38(56)53-39(48-36(49-53)25-13-17-57-18-14-25)52(29)20-32(54)47-28-10-9-26(19-27(28)41)40(42,43)44/h4-10,13,19,22,30-31H,3,11-12,14-18,20-21H2,1-2H3,(H,47,54)/t30-,31+/m1/s1. The molecular formula is C40H39ClF3N9O5. The number of carbonyl (C=O) groups is 2. The van der Waals surface area contributed by atoms with Gasteiger partial charge in [-0.1, -0.05) is 54.9 Å². The minimum atomic E-state index is -4.61. The highest BCUT2D eigenvalue weighted by Crippen LogP contribution is 2.39. The fraction of sp³-hybridized carbons (Fsp3) is 0.375. The zero-order chi connectivity index (χ0) is 40.7. The Morgan fingerprint density at radius 2 is 1.86 bits per heavy atom. The monoisotopic (exact) mass is 817 g/mol. The smallest absolute Gasteiger partial charge is 0.416 e. The molecule has 18 heteroatoms. The van der Waals surface area contributed by atoms with Crippen molar-refractivity contribution in [3.63, 3.8) is 0 Å². The normalized spacial score (nSPS) is 18.1. The van der Waals surface area contributed by atoms with Crippen LogP contribution in [0.5, 0.6) is 5.75 Å². The predicted molar refractivity (Wildman–Crippen MR) is 208 cm³/mol. The maximum atomic E-state index is 14.6. The van der Waals surface area contributed by atoms with E-state index >= 15 is 0 Å². The average Bonchev–Trinajstić information content (AvgIpc) is 3.66. The molecule has 8 rings (SSSR count). The van der Waals surface area contributed by atoms with E-state index in [4.69, 9.17) is 26.1 Å². The molecule has 1 N–H and O–H groups in total. The second-order valence-electron chi connectivity index (χ2n) is 14.3. The number of alkyl halides is 3. The number of nitrogens with zero attached hydrogens (tertiary/aromatic N) is 8. The molecule has 1 saturated heterocycles. The molecular weight excluding hydrogens is 779 g/mol. The number of hydrogen-bond acceptors (Lipinski definition) is 10. The summed E-state index contributed by atoms with van der Waals surface area (Å²) in [5.41, 5.74) is 1.89. The van der Waals surface area contributed by atoms with Crippen LogP contribution in [0.3, 0.4) is 0 Å². The molecule has 0 radical (unpaired) electrons. The Labute approximate surface area is 335 Å². The van der Waals surface area contributed by atoms with Gasteiger partial charge in [0.05, 0.1) is 46.9 Å². The number of rotatable bonds is 10. The van der Waals surface area contributed by atoms with E-state index in [1.807, 2.05) is 48.2 Å². The molecule has 58 heavy (non-hydrogen) atoms. The van der Waals surface area contributed by atoms with Gasteiger partial charge in [-0.3, -0.25) is 14.4 Å². The van der Waals surface area contributed by atoms with Gasteiger partial charge in [0.15, 0.2) is 17.3 Å². The number of piperazine rings is 1. The molecule has 3 aromatic heterocycles. The Kier molecular flexibility index (Phi) is 10.7. The van der Waals surface area contributed by atoms with Crippen LogP contribution in [0.2, 0.25) is 5.02 Å². The van der Waals surface area contributed by atoms with Crippen LogP contribution in [0.4, 0.5) is 24.5 Å². The van der Waals surface area contributed by atoms with Crippen molar-refractivity contribution in [3.05, 3.63) is 110 Å². The van der Waals surface area contributed by atoms with Gasteiger partial charge in [0, 0.05) is 19.1 Å². The van der Waals surface area contributed by atoms with Crippen molar-refractivity contribution in [1.82, 2.24) is 34.0 Å². The van der Waals surface area contributed by atoms with Crippen molar-refractivity contribution in [2.24, 2.45) is 0 Å². The Hall–Kier alpha value is -5.81. The fourth-order valence-electron chi connectivity index (χ4n) is 7.81. The molecule has 2 fully saturated rings. The first-order valence-corrected chi connectivity index (χ1v) is 19.3. The molecule has 1 saturated carbocycles. The molecule has 0 spiro atoms. The van der Waals surface area contributed by atoms with Gasteiger partial charge in [-0.2, -0.15) is 22.7 Å². The largest absolute Gasteiger partial charge is 0.485 e. The molecule has 0 unspecified atom stereocenters. The number of ether oxygens (including phenoxy) is 2. The summed E-state index contributed by atoms with van der Waals surface area (Å²) in [6.45, 7) is 4.87. The second-order valence-corrected chi connectivity index (χ2v) is 14.7. The average molecular weight is 818 g/mol. The van der Waals surface area contributed by atoms with E-state index in [1.165, 1.54) is 10.8 Å². The lowest BCUT2D eigenvalue weighted by molar-refractivity contribution is -0.137. The fourth-order valence-corrected chi connectivity index (χ4v) is 8.04. The molecule has 5 aromatic rings. The van der Waals surface area contributed by atoms with Crippen LogP contribution in [0, 0.1) is 6.92 Å². The van der Waals surface area contributed by atoms with E-state index in [0.717, 1.165) is 29.3 Å². The summed E-state index contributed by atoms with van der Waals surface area (Å²) >= 11 is 6.19. The number of nitrogens with one attached hydrogen (secondary N) is 1. The first-order chi connectivity index (χ1) is 27.9. The summed E-state index contributed by atoms with van der Waals surface area (Å²) in [4.78, 5) is 59.8. The van der Waals surface area contributed by atoms with Crippen LogP contribution in [0.25, 0.3) is 11.4 Å². The van der Waals surface area contributed by atoms with Crippen LogP contribution in [0.15, 0.2) is 65.7 Å². The van der Waals surface area contributed by atoms with Gasteiger partial charge in [0.25, 0.3) is 11.5 Å². The van der Waals surface area contributed by atoms with E-state index in [-0.39, 0.29) is 59.9 Å². The highest BCUT2D eigenvalue weighted by atomic mass is 35.5. The number of hydrogen-bond donors (Lipinski definition) is 1. The zero-order valence-corrected chi connectivity index (χ0v) is 32.4. The first-order valence-electron chi connectivity index (χ1n) is 18.9. The van der Waals surface area contributed by atoms with Crippen molar-refractivity contribution in [2.45, 2.75) is 70.9 Å². The topological polar surface area (TPSA) is 149 Å². The van der Waals surface area contributed by atoms with E-state index < -0.39 is 23.2 Å². The van der Waals surface area contributed by atoms with Crippen LogP contribution >= 0.6 is 11.6 Å². The number of aryl methyl sites for hydroxylation is 1. The Morgan fingerprint density at radius 1 is 1.07 bits per heavy atom. The molecule has 1 aliphatic carbocycles. The zero-order valence-electron chi connectivity index (χ0n) is 31.6. The molecule has 302 valence electrons. The Morgan fingerprint density at radius 3 is 2.55 bits per heavy atom. The van der Waals surface area contributed by atoms with Crippen molar-refractivity contribution in [2.75, 3.05) is 36.5 Å². The number of anilines is 2. The van der Waals surface area contributed by atoms with Crippen LogP contribution in [-0.2, 0) is 35.3 Å². The summed E-state index contributed by atoms with van der Waals surface area (Å²) in [5.74, 6) is -0.140. The summed E-state index contributed by atoms with van der Waals surface area (Å²) in [6, 6.07) is 11.8. The maximum absolute atomic E-state index is 14.6. The van der Waals surface area contributed by atoms with Gasteiger partial charge >= 0.3 is 6.18 Å². The molecule has 2 aliphatic heterocycles. The van der Waals surface area contributed by atoms with Crippen molar-refractivity contribution >= 4 is 46.1 Å². The van der Waals surface area contributed by atoms with Crippen molar-refractivity contribution < 1.29 is 32.2 Å².